The fourth-order valence-corrected chi connectivity index (χ4v) is 3.31. The van der Waals surface area contributed by atoms with Crippen molar-refractivity contribution in [3.63, 3.8) is 0 Å². The molecule has 2 aromatic carbocycles. The van der Waals surface area contributed by atoms with E-state index < -0.39 is 17.7 Å². The number of carbonyl (C=O) groups excluding carboxylic acids is 1. The Hall–Kier alpha value is -2.43. The highest BCUT2D eigenvalue weighted by molar-refractivity contribution is 5.99. The van der Waals surface area contributed by atoms with E-state index in [1.165, 1.54) is 36.3 Å². The van der Waals surface area contributed by atoms with E-state index >= 15 is 0 Å². The van der Waals surface area contributed by atoms with Gasteiger partial charge in [-0.2, -0.15) is 0 Å². The second-order valence-corrected chi connectivity index (χ2v) is 6.43. The molecule has 0 aromatic heterocycles. The van der Waals surface area contributed by atoms with Crippen LogP contribution in [0.5, 0.6) is 0 Å². The zero-order valence-electron chi connectivity index (χ0n) is 14.1. The van der Waals surface area contributed by atoms with Gasteiger partial charge >= 0.3 is 6.03 Å². The first-order chi connectivity index (χ1) is 12.2. The molecule has 1 saturated carbocycles. The number of halogens is 2. The third-order valence-corrected chi connectivity index (χ3v) is 4.66. The molecule has 1 N–H and O–H groups in total. The van der Waals surface area contributed by atoms with E-state index in [2.05, 4.69) is 5.32 Å². The third kappa shape index (κ3) is 4.16. The molecule has 3 nitrogen and oxygen atoms in total. The summed E-state index contributed by atoms with van der Waals surface area (Å²) in [6, 6.07) is 12.1. The van der Waals surface area contributed by atoms with Crippen molar-refractivity contribution in [2.45, 2.75) is 32.1 Å². The van der Waals surface area contributed by atoms with Crippen LogP contribution in [-0.4, -0.2) is 12.6 Å². The Morgan fingerprint density at radius 1 is 1.00 bits per heavy atom. The van der Waals surface area contributed by atoms with E-state index in [1.807, 2.05) is 6.07 Å². The molecule has 0 heterocycles. The Labute approximate surface area is 146 Å². The molecule has 2 aromatic rings. The van der Waals surface area contributed by atoms with Gasteiger partial charge in [-0.15, -0.1) is 0 Å². The second kappa shape index (κ2) is 8.10. The molecule has 0 atom stereocenters. The van der Waals surface area contributed by atoms with Crippen LogP contribution in [0, 0.1) is 17.6 Å². The van der Waals surface area contributed by atoms with Gasteiger partial charge in [-0.3, -0.25) is 4.90 Å². The van der Waals surface area contributed by atoms with Crippen LogP contribution < -0.4 is 10.2 Å². The molecule has 0 unspecified atom stereocenters. The SMILES string of the molecule is O=C(NCC1CCCCC1)N(c1ccccc1)c1cccc(F)c1F. The molecule has 5 heteroatoms. The van der Waals surface area contributed by atoms with E-state index in [0.29, 0.717) is 18.2 Å². The zero-order valence-corrected chi connectivity index (χ0v) is 14.1. The minimum atomic E-state index is -1.03. The van der Waals surface area contributed by atoms with Crippen LogP contribution in [0.2, 0.25) is 0 Å². The predicted molar refractivity (Wildman–Crippen MR) is 94.9 cm³/mol. The maximum atomic E-state index is 14.3. The number of para-hydroxylation sites is 1. The number of nitrogens with one attached hydrogen (secondary N) is 1. The smallest absolute Gasteiger partial charge is 0.326 e. The van der Waals surface area contributed by atoms with E-state index in [0.717, 1.165) is 18.9 Å². The van der Waals surface area contributed by atoms with Gasteiger partial charge in [0.1, 0.15) is 0 Å². The van der Waals surface area contributed by atoms with E-state index in [4.69, 9.17) is 0 Å². The largest absolute Gasteiger partial charge is 0.337 e. The van der Waals surface area contributed by atoms with Gasteiger partial charge in [0, 0.05) is 6.54 Å². The molecule has 132 valence electrons. The maximum absolute atomic E-state index is 14.3. The number of rotatable bonds is 4. The van der Waals surface area contributed by atoms with Gasteiger partial charge < -0.3 is 5.32 Å². The first-order valence-corrected chi connectivity index (χ1v) is 8.74. The monoisotopic (exact) mass is 344 g/mol. The van der Waals surface area contributed by atoms with Crippen LogP contribution in [0.15, 0.2) is 48.5 Å². The summed E-state index contributed by atoms with van der Waals surface area (Å²) >= 11 is 0. The van der Waals surface area contributed by atoms with Gasteiger partial charge in [0.2, 0.25) is 0 Å². The molecular weight excluding hydrogens is 322 g/mol. The first kappa shape index (κ1) is 17.4. The number of urea groups is 1. The summed E-state index contributed by atoms with van der Waals surface area (Å²) < 4.78 is 28.0. The van der Waals surface area contributed by atoms with Crippen LogP contribution in [-0.2, 0) is 0 Å². The van der Waals surface area contributed by atoms with Crippen molar-refractivity contribution >= 4 is 17.4 Å². The van der Waals surface area contributed by atoms with Crippen molar-refractivity contribution < 1.29 is 13.6 Å². The summed E-state index contributed by atoms with van der Waals surface area (Å²) in [5.74, 6) is -1.55. The van der Waals surface area contributed by atoms with E-state index in [1.54, 1.807) is 24.3 Å². The van der Waals surface area contributed by atoms with Crippen LogP contribution in [0.25, 0.3) is 0 Å². The zero-order chi connectivity index (χ0) is 17.6. The summed E-state index contributed by atoms with van der Waals surface area (Å²) in [7, 11) is 0. The average Bonchev–Trinajstić information content (AvgIpc) is 2.65. The molecule has 1 aliphatic rings. The highest BCUT2D eigenvalue weighted by atomic mass is 19.2. The number of benzene rings is 2. The van der Waals surface area contributed by atoms with Crippen molar-refractivity contribution in [3.05, 3.63) is 60.2 Å². The van der Waals surface area contributed by atoms with Gasteiger partial charge in [0.05, 0.1) is 11.4 Å². The normalized spacial score (nSPS) is 15.0. The Kier molecular flexibility index (Phi) is 5.64. The lowest BCUT2D eigenvalue weighted by molar-refractivity contribution is 0.243. The number of amides is 2. The Morgan fingerprint density at radius 3 is 2.44 bits per heavy atom. The first-order valence-electron chi connectivity index (χ1n) is 8.74. The van der Waals surface area contributed by atoms with Crippen molar-refractivity contribution in [1.82, 2.24) is 5.32 Å². The van der Waals surface area contributed by atoms with Crippen molar-refractivity contribution in [1.29, 1.82) is 0 Å². The quantitative estimate of drug-likeness (QED) is 0.792. The third-order valence-electron chi connectivity index (χ3n) is 4.66. The summed E-state index contributed by atoms with van der Waals surface area (Å²) in [5, 5.41) is 2.89. The van der Waals surface area contributed by atoms with Gasteiger partial charge in [-0.05, 0) is 43.0 Å². The molecule has 3 rings (SSSR count). The number of hydrogen-bond acceptors (Lipinski definition) is 1. The van der Waals surface area contributed by atoms with Crippen LogP contribution in [0.3, 0.4) is 0 Å². The van der Waals surface area contributed by atoms with Crippen molar-refractivity contribution in [2.24, 2.45) is 5.92 Å². The van der Waals surface area contributed by atoms with Crippen LogP contribution >= 0.6 is 0 Å². The minimum Gasteiger partial charge on any atom is -0.337 e. The number of nitrogens with zero attached hydrogens (tertiary/aromatic N) is 1. The molecule has 0 bridgehead atoms. The minimum absolute atomic E-state index is 0.0904. The summed E-state index contributed by atoms with van der Waals surface area (Å²) in [5.41, 5.74) is 0.403. The lowest BCUT2D eigenvalue weighted by Crippen LogP contribution is -2.40. The molecule has 0 aliphatic heterocycles. The second-order valence-electron chi connectivity index (χ2n) is 6.43. The van der Waals surface area contributed by atoms with Gasteiger partial charge in [-0.1, -0.05) is 43.5 Å². The molecule has 0 spiro atoms. The summed E-state index contributed by atoms with van der Waals surface area (Å²) in [6.45, 7) is 0.555. The number of carbonyl (C=O) groups is 1. The Balaban J connectivity index is 1.83. The summed E-state index contributed by atoms with van der Waals surface area (Å²) in [4.78, 5) is 14.0. The molecule has 0 saturated heterocycles. The Morgan fingerprint density at radius 2 is 1.72 bits per heavy atom. The van der Waals surface area contributed by atoms with Gasteiger partial charge in [-0.25, -0.2) is 13.6 Å². The average molecular weight is 344 g/mol. The topological polar surface area (TPSA) is 32.3 Å². The van der Waals surface area contributed by atoms with Crippen LogP contribution in [0.1, 0.15) is 32.1 Å². The van der Waals surface area contributed by atoms with Gasteiger partial charge in [0.15, 0.2) is 11.6 Å². The lowest BCUT2D eigenvalue weighted by Gasteiger charge is -2.26. The Bertz CT molecular complexity index is 715. The summed E-state index contributed by atoms with van der Waals surface area (Å²) in [6.07, 6.45) is 5.80. The molecule has 2 amide bonds. The molecule has 1 fully saturated rings. The molecule has 0 radical (unpaired) electrons. The highest BCUT2D eigenvalue weighted by Gasteiger charge is 2.24. The number of hydrogen-bond donors (Lipinski definition) is 1. The van der Waals surface area contributed by atoms with Gasteiger partial charge in [0.25, 0.3) is 0 Å². The van der Waals surface area contributed by atoms with E-state index in [9.17, 15) is 13.6 Å². The number of anilines is 2. The van der Waals surface area contributed by atoms with E-state index in [-0.39, 0.29) is 5.69 Å². The van der Waals surface area contributed by atoms with Crippen molar-refractivity contribution in [3.8, 4) is 0 Å². The lowest BCUT2D eigenvalue weighted by atomic mass is 9.89. The van der Waals surface area contributed by atoms with Crippen LogP contribution in [0.4, 0.5) is 25.0 Å². The van der Waals surface area contributed by atoms with Crippen molar-refractivity contribution in [2.75, 3.05) is 11.4 Å². The fraction of sp³-hybridized carbons (Fsp3) is 0.350. The highest BCUT2D eigenvalue weighted by Crippen LogP contribution is 2.29. The maximum Gasteiger partial charge on any atom is 0.326 e. The molecular formula is C20H22F2N2O. The standard InChI is InChI=1S/C20H22F2N2O/c21-17-12-7-13-18(19(17)22)24(16-10-5-2-6-11-16)20(25)23-14-15-8-3-1-4-9-15/h2,5-7,10-13,15H,1,3-4,8-9,14H2,(H,23,25). The molecule has 25 heavy (non-hydrogen) atoms. The fourth-order valence-electron chi connectivity index (χ4n) is 3.31. The molecule has 1 aliphatic carbocycles. The predicted octanol–water partition coefficient (Wildman–Crippen LogP) is 5.39.